The number of likely N-dealkylation sites (tertiary alicyclic amines) is 1. The predicted octanol–water partition coefficient (Wildman–Crippen LogP) is 2.98. The second-order valence-electron chi connectivity index (χ2n) is 5.88. The number of amides is 1. The Labute approximate surface area is 119 Å². The summed E-state index contributed by atoms with van der Waals surface area (Å²) in [5.74, 6) is 0.569. The summed E-state index contributed by atoms with van der Waals surface area (Å²) in [6, 6.07) is 8.01. The average molecular weight is 272 g/mol. The molecular weight excluding hydrogens is 252 g/mol. The molecule has 0 N–H and O–H groups in total. The lowest BCUT2D eigenvalue weighted by atomic mass is 9.93. The third-order valence-corrected chi connectivity index (χ3v) is 3.12. The average Bonchev–Trinajstić information content (AvgIpc) is 2.36. The smallest absolute Gasteiger partial charge is 0.263 e. The highest BCUT2D eigenvalue weighted by molar-refractivity contribution is 6.38. The summed E-state index contributed by atoms with van der Waals surface area (Å²) in [7, 11) is 1.49. The first-order valence-electron chi connectivity index (χ1n) is 6.59. The number of hydrogen-bond donors (Lipinski definition) is 0. The van der Waals surface area contributed by atoms with Gasteiger partial charge in [-0.3, -0.25) is 9.69 Å². The Balaban J connectivity index is 2.35. The molecule has 0 atom stereocenters. The largest absolute Gasteiger partial charge is 0.397 e. The number of aryl methyl sites for hydroxylation is 1. The highest BCUT2D eigenvalue weighted by Gasteiger charge is 2.45. The van der Waals surface area contributed by atoms with Gasteiger partial charge in [-0.15, -0.1) is 0 Å². The zero-order valence-corrected chi connectivity index (χ0v) is 12.6. The molecule has 1 aliphatic rings. The van der Waals surface area contributed by atoms with E-state index in [9.17, 15) is 4.79 Å². The quantitative estimate of drug-likeness (QED) is 0.472. The Kier molecular flexibility index (Phi) is 3.66. The van der Waals surface area contributed by atoms with Gasteiger partial charge in [-0.1, -0.05) is 35.0 Å². The SMILES string of the molecule is CO/N=C1\C(=C/c2ccc(C)cc2)C(=O)N1C(C)(C)C. The van der Waals surface area contributed by atoms with Gasteiger partial charge in [0.2, 0.25) is 0 Å². The Morgan fingerprint density at radius 3 is 2.30 bits per heavy atom. The zero-order valence-electron chi connectivity index (χ0n) is 12.6. The third kappa shape index (κ3) is 2.59. The molecule has 0 aromatic heterocycles. The molecule has 1 fully saturated rings. The van der Waals surface area contributed by atoms with Crippen molar-refractivity contribution in [3.8, 4) is 0 Å². The summed E-state index contributed by atoms with van der Waals surface area (Å²) in [5.41, 5.74) is 2.45. The lowest BCUT2D eigenvalue weighted by molar-refractivity contribution is -0.129. The Morgan fingerprint density at radius 2 is 1.80 bits per heavy atom. The lowest BCUT2D eigenvalue weighted by Gasteiger charge is -2.43. The number of hydrogen-bond acceptors (Lipinski definition) is 3. The van der Waals surface area contributed by atoms with Crippen LogP contribution in [0, 0.1) is 6.92 Å². The van der Waals surface area contributed by atoms with Gasteiger partial charge in [0.15, 0.2) is 5.84 Å². The van der Waals surface area contributed by atoms with Crippen molar-refractivity contribution in [2.45, 2.75) is 33.2 Å². The molecule has 2 rings (SSSR count). The fourth-order valence-corrected chi connectivity index (χ4v) is 2.13. The summed E-state index contributed by atoms with van der Waals surface area (Å²) in [5, 5.41) is 3.98. The van der Waals surface area contributed by atoms with Gasteiger partial charge < -0.3 is 4.84 Å². The number of benzene rings is 1. The molecule has 0 saturated carbocycles. The molecule has 20 heavy (non-hydrogen) atoms. The molecule has 1 amide bonds. The summed E-state index contributed by atoms with van der Waals surface area (Å²) in [4.78, 5) is 18.8. The number of nitrogens with zero attached hydrogens (tertiary/aromatic N) is 2. The number of carbonyl (C=O) groups excluding carboxylic acids is 1. The van der Waals surface area contributed by atoms with Gasteiger partial charge in [0.25, 0.3) is 5.91 Å². The first kappa shape index (κ1) is 14.3. The van der Waals surface area contributed by atoms with E-state index in [-0.39, 0.29) is 11.4 Å². The van der Waals surface area contributed by atoms with E-state index in [0.717, 1.165) is 5.56 Å². The van der Waals surface area contributed by atoms with Crippen LogP contribution in [-0.4, -0.2) is 29.3 Å². The van der Waals surface area contributed by atoms with Crippen molar-refractivity contribution in [2.75, 3.05) is 7.11 Å². The summed E-state index contributed by atoms with van der Waals surface area (Å²) in [6.07, 6.45) is 1.85. The van der Waals surface area contributed by atoms with Crippen LogP contribution in [0.3, 0.4) is 0 Å². The van der Waals surface area contributed by atoms with Crippen molar-refractivity contribution in [2.24, 2.45) is 5.16 Å². The Morgan fingerprint density at radius 1 is 1.20 bits per heavy atom. The van der Waals surface area contributed by atoms with Gasteiger partial charge in [-0.25, -0.2) is 0 Å². The van der Waals surface area contributed by atoms with Gasteiger partial charge in [0, 0.05) is 5.54 Å². The van der Waals surface area contributed by atoms with Gasteiger partial charge in [-0.05, 0) is 39.3 Å². The van der Waals surface area contributed by atoms with E-state index in [2.05, 4.69) is 5.16 Å². The summed E-state index contributed by atoms with van der Waals surface area (Å²) >= 11 is 0. The van der Waals surface area contributed by atoms with E-state index in [1.165, 1.54) is 12.7 Å². The molecule has 1 saturated heterocycles. The van der Waals surface area contributed by atoms with Crippen molar-refractivity contribution >= 4 is 17.8 Å². The fourth-order valence-electron chi connectivity index (χ4n) is 2.13. The van der Waals surface area contributed by atoms with Crippen LogP contribution >= 0.6 is 0 Å². The van der Waals surface area contributed by atoms with Gasteiger partial charge in [0.05, 0.1) is 5.57 Å². The zero-order chi connectivity index (χ0) is 14.9. The van der Waals surface area contributed by atoms with Gasteiger partial charge >= 0.3 is 0 Å². The minimum absolute atomic E-state index is 0.0196. The van der Waals surface area contributed by atoms with Crippen LogP contribution in [0.15, 0.2) is 35.0 Å². The van der Waals surface area contributed by atoms with Gasteiger partial charge in [0.1, 0.15) is 7.11 Å². The second-order valence-corrected chi connectivity index (χ2v) is 5.88. The molecule has 1 heterocycles. The number of amidine groups is 1. The Hall–Kier alpha value is -2.10. The molecule has 1 aliphatic heterocycles. The first-order chi connectivity index (χ1) is 9.34. The first-order valence-corrected chi connectivity index (χ1v) is 6.59. The van der Waals surface area contributed by atoms with Crippen molar-refractivity contribution in [3.63, 3.8) is 0 Å². The van der Waals surface area contributed by atoms with Crippen LogP contribution < -0.4 is 0 Å². The number of β-lactam (4-membered cyclic amide) rings is 1. The van der Waals surface area contributed by atoms with Crippen molar-refractivity contribution in [1.82, 2.24) is 4.90 Å². The number of carbonyl (C=O) groups is 1. The highest BCUT2D eigenvalue weighted by Crippen LogP contribution is 2.30. The second kappa shape index (κ2) is 5.12. The van der Waals surface area contributed by atoms with Gasteiger partial charge in [-0.2, -0.15) is 0 Å². The van der Waals surface area contributed by atoms with Crippen LogP contribution in [0.2, 0.25) is 0 Å². The van der Waals surface area contributed by atoms with Crippen LogP contribution in [0.25, 0.3) is 6.08 Å². The normalized spacial score (nSPS) is 19.4. The van der Waals surface area contributed by atoms with Crippen molar-refractivity contribution in [1.29, 1.82) is 0 Å². The summed E-state index contributed by atoms with van der Waals surface area (Å²) < 4.78 is 0. The highest BCUT2D eigenvalue weighted by atomic mass is 16.6. The predicted molar refractivity (Wildman–Crippen MR) is 80.2 cm³/mol. The molecule has 4 nitrogen and oxygen atoms in total. The maximum atomic E-state index is 12.3. The van der Waals surface area contributed by atoms with Crippen molar-refractivity contribution in [3.05, 3.63) is 41.0 Å². The molecule has 0 spiro atoms. The molecule has 1 aromatic carbocycles. The topological polar surface area (TPSA) is 41.9 Å². The molecule has 0 aliphatic carbocycles. The van der Waals surface area contributed by atoms with E-state index >= 15 is 0 Å². The van der Waals surface area contributed by atoms with Crippen LogP contribution in [0.5, 0.6) is 0 Å². The molecule has 0 unspecified atom stereocenters. The van der Waals surface area contributed by atoms with E-state index in [0.29, 0.717) is 11.4 Å². The van der Waals surface area contributed by atoms with Crippen LogP contribution in [0.1, 0.15) is 31.9 Å². The molecular formula is C16H20N2O2. The molecule has 4 heteroatoms. The molecule has 0 radical (unpaired) electrons. The molecule has 0 bridgehead atoms. The van der Waals surface area contributed by atoms with E-state index in [1.54, 1.807) is 4.90 Å². The van der Waals surface area contributed by atoms with E-state index < -0.39 is 0 Å². The minimum atomic E-state index is -0.306. The summed E-state index contributed by atoms with van der Waals surface area (Å²) in [6.45, 7) is 7.95. The molecule has 1 aromatic rings. The third-order valence-electron chi connectivity index (χ3n) is 3.12. The van der Waals surface area contributed by atoms with Crippen LogP contribution in [0.4, 0.5) is 0 Å². The van der Waals surface area contributed by atoms with Crippen molar-refractivity contribution < 1.29 is 9.63 Å². The number of rotatable bonds is 2. The van der Waals surface area contributed by atoms with E-state index in [1.807, 2.05) is 58.0 Å². The van der Waals surface area contributed by atoms with Crippen LogP contribution in [-0.2, 0) is 9.63 Å². The monoisotopic (exact) mass is 272 g/mol. The molecule has 106 valence electrons. The maximum absolute atomic E-state index is 12.3. The fraction of sp³-hybridized carbons (Fsp3) is 0.375. The number of oxime groups is 1. The Bertz CT molecular complexity index is 577. The standard InChI is InChI=1S/C16H20N2O2/c1-11-6-8-12(9-7-11)10-13-14(17-20-5)18(15(13)19)16(2,3)4/h6-10H,1-5H3/b13-10+,17-14+. The van der Waals surface area contributed by atoms with E-state index in [4.69, 9.17) is 4.84 Å². The lowest BCUT2D eigenvalue weighted by Crippen LogP contribution is -2.60. The minimum Gasteiger partial charge on any atom is -0.397 e. The maximum Gasteiger partial charge on any atom is 0.263 e.